The minimum atomic E-state index is -0.0747. The summed E-state index contributed by atoms with van der Waals surface area (Å²) in [6.07, 6.45) is 3.47. The van der Waals surface area contributed by atoms with Gasteiger partial charge in [-0.05, 0) is 30.4 Å². The highest BCUT2D eigenvalue weighted by Crippen LogP contribution is 2.31. The lowest BCUT2D eigenvalue weighted by Crippen LogP contribution is -2.61. The Morgan fingerprint density at radius 1 is 1.27 bits per heavy atom. The Morgan fingerprint density at radius 2 is 2.18 bits per heavy atom. The second-order valence-electron chi connectivity index (χ2n) is 6.22. The Bertz CT molecular complexity index is 614. The summed E-state index contributed by atoms with van der Waals surface area (Å²) in [5, 5.41) is 6.13. The van der Waals surface area contributed by atoms with Crippen molar-refractivity contribution in [1.29, 1.82) is 0 Å². The number of aryl methyl sites for hydroxylation is 1. The number of hydrogen-bond donors (Lipinski definition) is 4. The van der Waals surface area contributed by atoms with E-state index in [1.54, 1.807) is 0 Å². The summed E-state index contributed by atoms with van der Waals surface area (Å²) in [4.78, 5) is 16.6. The van der Waals surface area contributed by atoms with Crippen molar-refractivity contribution in [3.8, 4) is 0 Å². The molecule has 0 saturated carbocycles. The van der Waals surface area contributed by atoms with Crippen LogP contribution in [0.4, 0.5) is 0 Å². The second kappa shape index (κ2) is 5.70. The van der Waals surface area contributed by atoms with E-state index < -0.39 is 0 Å². The first kappa shape index (κ1) is 13.7. The zero-order valence-electron chi connectivity index (χ0n) is 12.4. The van der Waals surface area contributed by atoms with E-state index in [-0.39, 0.29) is 18.0 Å². The Labute approximate surface area is 129 Å². The van der Waals surface area contributed by atoms with E-state index in [0.717, 1.165) is 12.8 Å². The molecule has 6 nitrogen and oxygen atoms in total. The van der Waals surface area contributed by atoms with Crippen LogP contribution in [0.25, 0.3) is 0 Å². The minimum absolute atomic E-state index is 0.0315. The van der Waals surface area contributed by atoms with Crippen LogP contribution in [0.3, 0.4) is 0 Å². The van der Waals surface area contributed by atoms with Crippen LogP contribution in [0.2, 0.25) is 0 Å². The highest BCUT2D eigenvalue weighted by Gasteiger charge is 2.37. The third-order valence-electron chi connectivity index (χ3n) is 4.82. The maximum Gasteiger partial charge on any atom is 0.234 e. The van der Waals surface area contributed by atoms with Gasteiger partial charge in [-0.15, -0.1) is 0 Å². The van der Waals surface area contributed by atoms with Crippen molar-refractivity contribution in [2.24, 2.45) is 10.9 Å². The fraction of sp³-hybridized carbons (Fsp3) is 0.500. The summed E-state index contributed by atoms with van der Waals surface area (Å²) < 4.78 is 0. The maximum absolute atomic E-state index is 12.0. The van der Waals surface area contributed by atoms with Gasteiger partial charge in [-0.25, -0.2) is 5.43 Å². The highest BCUT2D eigenvalue weighted by molar-refractivity contribution is 6.01. The molecule has 1 aromatic rings. The number of benzene rings is 1. The van der Waals surface area contributed by atoms with Gasteiger partial charge in [0.05, 0.1) is 5.92 Å². The topological polar surface area (TPSA) is 77.5 Å². The molecular formula is C16H21N5O. The molecule has 1 aliphatic carbocycles. The lowest BCUT2D eigenvalue weighted by Gasteiger charge is -2.28. The highest BCUT2D eigenvalue weighted by atomic mass is 16.2. The number of nitrogens with zero attached hydrogens (tertiary/aromatic N) is 1. The van der Waals surface area contributed by atoms with Gasteiger partial charge in [0.25, 0.3) is 0 Å². The third-order valence-corrected chi connectivity index (χ3v) is 4.82. The molecule has 1 amide bonds. The smallest absolute Gasteiger partial charge is 0.234 e. The van der Waals surface area contributed by atoms with Gasteiger partial charge in [-0.3, -0.25) is 20.5 Å². The van der Waals surface area contributed by atoms with Gasteiger partial charge in [0.15, 0.2) is 5.96 Å². The molecule has 6 heteroatoms. The van der Waals surface area contributed by atoms with E-state index in [1.165, 1.54) is 17.5 Å². The first-order chi connectivity index (χ1) is 10.8. The summed E-state index contributed by atoms with van der Waals surface area (Å²) in [6.45, 7) is 1.36. The van der Waals surface area contributed by atoms with Crippen molar-refractivity contribution >= 4 is 11.9 Å². The Balaban J connectivity index is 1.47. The van der Waals surface area contributed by atoms with Crippen LogP contribution in [-0.2, 0) is 11.2 Å². The van der Waals surface area contributed by atoms with Crippen LogP contribution in [0, 0.1) is 5.92 Å². The van der Waals surface area contributed by atoms with Gasteiger partial charge in [-0.1, -0.05) is 24.3 Å². The zero-order chi connectivity index (χ0) is 14.9. The molecule has 4 rings (SSSR count). The number of hydrogen-bond acceptors (Lipinski definition) is 4. The molecule has 0 aromatic heterocycles. The predicted octanol–water partition coefficient (Wildman–Crippen LogP) is 0.232. The van der Waals surface area contributed by atoms with Gasteiger partial charge in [-0.2, -0.15) is 0 Å². The summed E-state index contributed by atoms with van der Waals surface area (Å²) in [5.41, 5.74) is 8.94. The lowest BCUT2D eigenvalue weighted by atomic mass is 9.83. The largest absolute Gasteiger partial charge is 0.339 e. The average molecular weight is 299 g/mol. The number of carbonyl (C=O) groups is 1. The van der Waals surface area contributed by atoms with Gasteiger partial charge in [0, 0.05) is 19.0 Å². The van der Waals surface area contributed by atoms with E-state index in [4.69, 9.17) is 0 Å². The van der Waals surface area contributed by atoms with Gasteiger partial charge in [0.1, 0.15) is 6.17 Å². The van der Waals surface area contributed by atoms with Gasteiger partial charge >= 0.3 is 0 Å². The molecule has 3 atom stereocenters. The standard InChI is InChI=1S/C16H21N5O/c22-15-13-9-18-21-14(13)19-16(20-15)17-8-11-6-3-5-10-4-1-2-7-12(10)11/h1-2,4,7,11,13-14,18,21H,3,5-6,8-9H2,(H2,17,19,20,22). The molecule has 22 heavy (non-hydrogen) atoms. The van der Waals surface area contributed by atoms with E-state index in [2.05, 4.69) is 50.7 Å². The second-order valence-corrected chi connectivity index (χ2v) is 6.22. The molecule has 0 bridgehead atoms. The Hall–Kier alpha value is -1.92. The van der Waals surface area contributed by atoms with Crippen molar-refractivity contribution in [2.75, 3.05) is 13.1 Å². The minimum Gasteiger partial charge on any atom is -0.339 e. The quantitative estimate of drug-likeness (QED) is 0.630. The van der Waals surface area contributed by atoms with E-state index in [9.17, 15) is 4.79 Å². The molecule has 2 fully saturated rings. The predicted molar refractivity (Wildman–Crippen MR) is 84.1 cm³/mol. The zero-order valence-corrected chi connectivity index (χ0v) is 12.4. The molecule has 2 saturated heterocycles. The van der Waals surface area contributed by atoms with Gasteiger partial charge < -0.3 is 5.32 Å². The number of hydrazine groups is 1. The number of aliphatic imine (C=N–C) groups is 1. The molecule has 4 N–H and O–H groups in total. The monoisotopic (exact) mass is 299 g/mol. The summed E-state index contributed by atoms with van der Waals surface area (Å²) in [7, 11) is 0. The van der Waals surface area contributed by atoms with Crippen LogP contribution < -0.4 is 21.5 Å². The number of amides is 1. The fourth-order valence-electron chi connectivity index (χ4n) is 3.60. The molecule has 2 heterocycles. The lowest BCUT2D eigenvalue weighted by molar-refractivity contribution is -0.124. The van der Waals surface area contributed by atoms with Crippen molar-refractivity contribution < 1.29 is 4.79 Å². The molecule has 2 aliphatic heterocycles. The summed E-state index contributed by atoms with van der Waals surface area (Å²) in [5.74, 6) is 0.993. The fourth-order valence-corrected chi connectivity index (χ4v) is 3.60. The van der Waals surface area contributed by atoms with Crippen molar-refractivity contribution in [2.45, 2.75) is 31.3 Å². The summed E-state index contributed by atoms with van der Waals surface area (Å²) >= 11 is 0. The number of nitrogens with one attached hydrogen (secondary N) is 4. The average Bonchev–Trinajstić information content (AvgIpc) is 3.02. The molecule has 0 spiro atoms. The van der Waals surface area contributed by atoms with Crippen LogP contribution in [-0.4, -0.2) is 31.1 Å². The SMILES string of the molecule is O=C1NC(=NCC2CCCc3ccccc32)NC2NNCC12. The summed E-state index contributed by atoms with van der Waals surface area (Å²) in [6, 6.07) is 8.64. The number of rotatable bonds is 2. The van der Waals surface area contributed by atoms with Gasteiger partial charge in [0.2, 0.25) is 5.91 Å². The van der Waals surface area contributed by atoms with E-state index in [1.807, 2.05) is 0 Å². The number of carbonyl (C=O) groups excluding carboxylic acids is 1. The molecule has 0 radical (unpaired) electrons. The number of fused-ring (bicyclic) bond motifs is 2. The van der Waals surface area contributed by atoms with Crippen molar-refractivity contribution in [3.05, 3.63) is 35.4 Å². The van der Waals surface area contributed by atoms with Crippen LogP contribution >= 0.6 is 0 Å². The first-order valence-corrected chi connectivity index (χ1v) is 7.99. The molecule has 1 aromatic carbocycles. The molecule has 3 unspecified atom stereocenters. The normalized spacial score (nSPS) is 32.1. The number of guanidine groups is 1. The van der Waals surface area contributed by atoms with Crippen LogP contribution in [0.15, 0.2) is 29.3 Å². The molecular weight excluding hydrogens is 278 g/mol. The van der Waals surface area contributed by atoms with Crippen molar-refractivity contribution in [1.82, 2.24) is 21.5 Å². The molecule has 116 valence electrons. The van der Waals surface area contributed by atoms with Crippen molar-refractivity contribution in [3.63, 3.8) is 0 Å². The third kappa shape index (κ3) is 2.48. The van der Waals surface area contributed by atoms with Crippen LogP contribution in [0.5, 0.6) is 0 Å². The Morgan fingerprint density at radius 3 is 3.14 bits per heavy atom. The first-order valence-electron chi connectivity index (χ1n) is 7.99. The Kier molecular flexibility index (Phi) is 3.56. The van der Waals surface area contributed by atoms with Crippen LogP contribution in [0.1, 0.15) is 29.9 Å². The molecule has 3 aliphatic rings. The maximum atomic E-state index is 12.0. The van der Waals surface area contributed by atoms with E-state index in [0.29, 0.717) is 25.0 Å². The van der Waals surface area contributed by atoms with E-state index >= 15 is 0 Å².